The fourth-order valence-electron chi connectivity index (χ4n) is 5.61. The zero-order valence-electron chi connectivity index (χ0n) is 23.6. The van der Waals surface area contributed by atoms with Crippen LogP contribution < -0.4 is 11.0 Å². The number of phenols is 1. The average Bonchev–Trinajstić information content (AvgIpc) is 3.20. The first kappa shape index (κ1) is 27.8. The highest BCUT2D eigenvalue weighted by atomic mass is 16.3. The van der Waals surface area contributed by atoms with Gasteiger partial charge in [-0.1, -0.05) is 30.2 Å². The lowest BCUT2D eigenvalue weighted by Crippen LogP contribution is -2.37. The standard InChI is InChI=1S/C33H34N4O4/c1-4-5-25(23-8-13-28(38)14-9-23)21-31(39)34-27-11-6-22(7-12-27)24-16-18-37(19-17-24)32(40)26-10-15-29-30(20-26)36(3)33(41)35(29)2/h6-15,20,24-25,38H,16-19,21H2,1-3H3,(H,34,39)/t25-/m1/s1. The van der Waals surface area contributed by atoms with Gasteiger partial charge in [-0.3, -0.25) is 18.7 Å². The molecule has 0 unspecified atom stereocenters. The van der Waals surface area contributed by atoms with Gasteiger partial charge >= 0.3 is 5.69 Å². The number of rotatable bonds is 6. The molecule has 4 aromatic rings. The molecular formula is C33H34N4O4. The van der Waals surface area contributed by atoms with Crippen LogP contribution in [0.5, 0.6) is 5.75 Å². The topological polar surface area (TPSA) is 96.6 Å². The third kappa shape index (κ3) is 5.90. The lowest BCUT2D eigenvalue weighted by Gasteiger charge is -2.32. The maximum absolute atomic E-state index is 13.2. The number of aromatic nitrogens is 2. The zero-order valence-corrected chi connectivity index (χ0v) is 23.6. The monoisotopic (exact) mass is 550 g/mol. The second-order valence-corrected chi connectivity index (χ2v) is 10.6. The molecule has 8 heteroatoms. The van der Waals surface area contributed by atoms with Crippen molar-refractivity contribution in [2.75, 3.05) is 18.4 Å². The molecule has 1 atom stereocenters. The van der Waals surface area contributed by atoms with E-state index >= 15 is 0 Å². The molecule has 0 radical (unpaired) electrons. The number of benzene rings is 3. The summed E-state index contributed by atoms with van der Waals surface area (Å²) >= 11 is 0. The van der Waals surface area contributed by atoms with Gasteiger partial charge < -0.3 is 15.3 Å². The maximum Gasteiger partial charge on any atom is 0.328 e. The largest absolute Gasteiger partial charge is 0.508 e. The first-order valence-electron chi connectivity index (χ1n) is 13.8. The Bertz CT molecular complexity index is 1700. The summed E-state index contributed by atoms with van der Waals surface area (Å²) < 4.78 is 3.15. The molecule has 8 nitrogen and oxygen atoms in total. The normalized spacial score (nSPS) is 14.4. The molecule has 0 saturated carbocycles. The van der Waals surface area contributed by atoms with Gasteiger partial charge in [0.05, 0.1) is 17.0 Å². The Labute approximate surface area is 239 Å². The van der Waals surface area contributed by atoms with E-state index < -0.39 is 0 Å². The van der Waals surface area contributed by atoms with Crippen LogP contribution in [0.15, 0.2) is 71.5 Å². The number of hydrogen-bond acceptors (Lipinski definition) is 4. The van der Waals surface area contributed by atoms with Crippen LogP contribution >= 0.6 is 0 Å². The van der Waals surface area contributed by atoms with Gasteiger partial charge in [0.25, 0.3) is 5.91 Å². The summed E-state index contributed by atoms with van der Waals surface area (Å²) in [6.45, 7) is 3.06. The summed E-state index contributed by atoms with van der Waals surface area (Å²) in [4.78, 5) is 40.1. The minimum atomic E-state index is -0.255. The molecule has 1 aliphatic rings. The quantitative estimate of drug-likeness (QED) is 0.339. The van der Waals surface area contributed by atoms with E-state index in [1.165, 1.54) is 5.56 Å². The summed E-state index contributed by atoms with van der Waals surface area (Å²) in [5, 5.41) is 12.5. The van der Waals surface area contributed by atoms with Gasteiger partial charge in [-0.05, 0) is 79.3 Å². The number of phenolic OH excluding ortho intramolecular Hbond substituents is 1. The van der Waals surface area contributed by atoms with Crippen molar-refractivity contribution < 1.29 is 14.7 Å². The molecular weight excluding hydrogens is 516 g/mol. The van der Waals surface area contributed by atoms with Crippen molar-refractivity contribution in [1.82, 2.24) is 14.0 Å². The van der Waals surface area contributed by atoms with Gasteiger partial charge in [0, 0.05) is 44.9 Å². The molecule has 0 aliphatic carbocycles. The molecule has 1 aliphatic heterocycles. The number of fused-ring (bicyclic) bond motifs is 1. The molecule has 5 rings (SSSR count). The van der Waals surface area contributed by atoms with Crippen molar-refractivity contribution >= 4 is 28.5 Å². The SMILES string of the molecule is CC#C[C@H](CC(=O)Nc1ccc(C2CCN(C(=O)c3ccc4c(c3)n(C)c(=O)n4C)CC2)cc1)c1ccc(O)cc1. The summed E-state index contributed by atoms with van der Waals surface area (Å²) in [5.74, 6) is 6.10. The van der Waals surface area contributed by atoms with Crippen molar-refractivity contribution in [3.63, 3.8) is 0 Å². The highest BCUT2D eigenvalue weighted by molar-refractivity contribution is 5.97. The minimum absolute atomic E-state index is 0.0157. The van der Waals surface area contributed by atoms with Gasteiger partial charge in [-0.15, -0.1) is 5.92 Å². The van der Waals surface area contributed by atoms with E-state index in [0.717, 1.165) is 35.1 Å². The molecule has 0 spiro atoms. The molecule has 41 heavy (non-hydrogen) atoms. The average molecular weight is 551 g/mol. The first-order chi connectivity index (χ1) is 19.7. The number of hydrogen-bond donors (Lipinski definition) is 2. The van der Waals surface area contributed by atoms with Crippen LogP contribution in [-0.2, 0) is 18.9 Å². The van der Waals surface area contributed by atoms with Gasteiger partial charge in [-0.25, -0.2) is 4.79 Å². The van der Waals surface area contributed by atoms with Crippen molar-refractivity contribution in [1.29, 1.82) is 0 Å². The number of aryl methyl sites for hydroxylation is 2. The van der Waals surface area contributed by atoms with Crippen LogP contribution in [-0.4, -0.2) is 44.0 Å². The summed E-state index contributed by atoms with van der Waals surface area (Å²) in [6, 6.07) is 20.2. The minimum Gasteiger partial charge on any atom is -0.508 e. The Morgan fingerprint density at radius 1 is 0.951 bits per heavy atom. The Morgan fingerprint density at radius 2 is 1.61 bits per heavy atom. The lowest BCUT2D eigenvalue weighted by atomic mass is 9.89. The van der Waals surface area contributed by atoms with Crippen molar-refractivity contribution in [2.45, 2.75) is 38.0 Å². The Hall–Kier alpha value is -4.77. The Balaban J connectivity index is 1.17. The number of nitrogens with zero attached hydrogens (tertiary/aromatic N) is 3. The number of nitrogens with one attached hydrogen (secondary N) is 1. The number of anilines is 1. The molecule has 1 fully saturated rings. The second-order valence-electron chi connectivity index (χ2n) is 10.6. The van der Waals surface area contributed by atoms with Crippen LogP contribution in [0.25, 0.3) is 11.0 Å². The summed E-state index contributed by atoms with van der Waals surface area (Å²) in [5.41, 5.74) is 4.84. The Morgan fingerprint density at radius 3 is 2.27 bits per heavy atom. The number of aromatic hydroxyl groups is 1. The number of likely N-dealkylation sites (tertiary alicyclic amines) is 1. The smallest absolute Gasteiger partial charge is 0.328 e. The highest BCUT2D eigenvalue weighted by Gasteiger charge is 2.25. The third-order valence-electron chi connectivity index (χ3n) is 7.97. The fraction of sp³-hybridized carbons (Fsp3) is 0.303. The number of piperidine rings is 1. The van der Waals surface area contributed by atoms with Crippen molar-refractivity contribution in [3.05, 3.63) is 93.9 Å². The van der Waals surface area contributed by atoms with Gasteiger partial charge in [0.1, 0.15) is 5.75 Å². The Kier molecular flexibility index (Phi) is 7.97. The van der Waals surface area contributed by atoms with Crippen molar-refractivity contribution in [2.24, 2.45) is 14.1 Å². The fourth-order valence-corrected chi connectivity index (χ4v) is 5.61. The molecule has 2 N–H and O–H groups in total. The van der Waals surface area contributed by atoms with E-state index in [1.807, 2.05) is 35.2 Å². The van der Waals surface area contributed by atoms with E-state index in [9.17, 15) is 19.5 Å². The summed E-state index contributed by atoms with van der Waals surface area (Å²) in [6.07, 6.45) is 1.92. The van der Waals surface area contributed by atoms with E-state index in [0.29, 0.717) is 24.6 Å². The van der Waals surface area contributed by atoms with Gasteiger partial charge in [0.2, 0.25) is 5.91 Å². The predicted molar refractivity (Wildman–Crippen MR) is 160 cm³/mol. The van der Waals surface area contributed by atoms with Crippen LogP contribution in [0.1, 0.15) is 59.5 Å². The summed E-state index contributed by atoms with van der Waals surface area (Å²) in [7, 11) is 3.45. The lowest BCUT2D eigenvalue weighted by molar-refractivity contribution is -0.116. The maximum atomic E-state index is 13.2. The van der Waals surface area contributed by atoms with Crippen LogP contribution in [0.4, 0.5) is 5.69 Å². The van der Waals surface area contributed by atoms with Crippen LogP contribution in [0.2, 0.25) is 0 Å². The molecule has 3 aromatic carbocycles. The van der Waals surface area contributed by atoms with Gasteiger partial charge in [0.15, 0.2) is 0 Å². The molecule has 1 saturated heterocycles. The number of amides is 2. The zero-order chi connectivity index (χ0) is 29.1. The van der Waals surface area contributed by atoms with E-state index in [2.05, 4.69) is 17.2 Å². The third-order valence-corrected chi connectivity index (χ3v) is 7.97. The highest BCUT2D eigenvalue weighted by Crippen LogP contribution is 2.30. The predicted octanol–water partition coefficient (Wildman–Crippen LogP) is 4.74. The number of carbonyl (C=O) groups is 2. The van der Waals surface area contributed by atoms with E-state index in [4.69, 9.17) is 0 Å². The first-order valence-corrected chi connectivity index (χ1v) is 13.8. The second kappa shape index (κ2) is 11.8. The molecule has 1 aromatic heterocycles. The number of carbonyl (C=O) groups excluding carboxylic acids is 2. The van der Waals surface area contributed by atoms with Crippen LogP contribution in [0.3, 0.4) is 0 Å². The molecule has 210 valence electrons. The van der Waals surface area contributed by atoms with Crippen LogP contribution in [0, 0.1) is 11.8 Å². The van der Waals surface area contributed by atoms with E-state index in [1.54, 1.807) is 66.6 Å². The molecule has 0 bridgehead atoms. The van der Waals surface area contributed by atoms with E-state index in [-0.39, 0.29) is 35.6 Å². The molecule has 2 heterocycles. The van der Waals surface area contributed by atoms with Crippen molar-refractivity contribution in [3.8, 4) is 17.6 Å². The molecule has 2 amide bonds. The van der Waals surface area contributed by atoms with Gasteiger partial charge in [-0.2, -0.15) is 0 Å². The number of imidazole rings is 1.